The van der Waals surface area contributed by atoms with Gasteiger partial charge in [0.05, 0.1) is 35.2 Å². The Morgan fingerprint density at radius 1 is 1.27 bits per heavy atom. The first-order valence-electron chi connectivity index (χ1n) is 11.7. The molecule has 1 amide bonds. The minimum atomic E-state index is -0.597. The van der Waals surface area contributed by atoms with E-state index in [1.54, 1.807) is 6.33 Å². The van der Waals surface area contributed by atoms with Crippen LogP contribution in [0.3, 0.4) is 0 Å². The predicted octanol–water partition coefficient (Wildman–Crippen LogP) is 5.14. The minimum Gasteiger partial charge on any atom is -0.443 e. The summed E-state index contributed by atoms with van der Waals surface area (Å²) in [6, 6.07) is 10.3. The first kappa shape index (κ1) is 23.6. The van der Waals surface area contributed by atoms with Crippen molar-refractivity contribution in [1.29, 1.82) is 0 Å². The molecule has 0 saturated carbocycles. The summed E-state index contributed by atoms with van der Waals surface area (Å²) in [6.07, 6.45) is 4.79. The summed E-state index contributed by atoms with van der Waals surface area (Å²) in [4.78, 5) is 27.9. The number of imidazole rings is 1. The van der Waals surface area contributed by atoms with Gasteiger partial charge < -0.3 is 9.72 Å². The van der Waals surface area contributed by atoms with Crippen LogP contribution in [0.1, 0.15) is 44.6 Å². The zero-order chi connectivity index (χ0) is 23.6. The van der Waals surface area contributed by atoms with E-state index >= 15 is 0 Å². The van der Waals surface area contributed by atoms with Crippen LogP contribution in [0, 0.1) is 11.8 Å². The van der Waals surface area contributed by atoms with Gasteiger partial charge >= 0.3 is 6.09 Å². The number of carbonyl (C=O) groups is 1. The number of ether oxygens (including phenoxy) is 1. The van der Waals surface area contributed by atoms with Crippen molar-refractivity contribution in [2.24, 2.45) is 16.8 Å². The first-order valence-corrected chi connectivity index (χ1v) is 12.2. The lowest BCUT2D eigenvalue weighted by molar-refractivity contribution is 0.0186. The molecular formula is C26H33ClN4O2. The summed E-state index contributed by atoms with van der Waals surface area (Å²) in [5, 5.41) is -0.0934. The van der Waals surface area contributed by atoms with Gasteiger partial charge in [-0.05, 0) is 29.0 Å². The number of nitrogens with zero attached hydrogens (tertiary/aromatic N) is 3. The van der Waals surface area contributed by atoms with E-state index in [4.69, 9.17) is 21.3 Å². The molecule has 0 saturated heterocycles. The molecule has 6 nitrogen and oxygen atoms in total. The average molecular weight is 469 g/mol. The number of hydrogen-bond donors (Lipinski definition) is 1. The molecule has 2 unspecified atom stereocenters. The largest absolute Gasteiger partial charge is 0.443 e. The highest BCUT2D eigenvalue weighted by Crippen LogP contribution is 2.43. The molecule has 1 aromatic carbocycles. The second-order valence-corrected chi connectivity index (χ2v) is 10.1. The Labute approximate surface area is 201 Å². The van der Waals surface area contributed by atoms with Crippen LogP contribution in [-0.2, 0) is 23.1 Å². The maximum Gasteiger partial charge on any atom is 0.410 e. The standard InChI is InChI=1S/C26H33ClN4O2/c1-17(2)21-12-20(28-14-22(21)27)15-33-25(32)31-11-10-23-24(30-16-29-23)26(31,18(3)4)13-19-8-6-5-7-9-19/h5-9,12,16-18,22H,10-11,13-15H2,1-4H3,(H,29,30). The van der Waals surface area contributed by atoms with E-state index < -0.39 is 5.54 Å². The number of H-pyrrole nitrogens is 1. The van der Waals surface area contributed by atoms with E-state index in [1.165, 1.54) is 0 Å². The minimum absolute atomic E-state index is 0.0934. The van der Waals surface area contributed by atoms with E-state index in [-0.39, 0.29) is 24.0 Å². The molecule has 2 atom stereocenters. The SMILES string of the molecule is CC(C)C1=CC(COC(=O)N2CCc3[nH]cnc3C2(Cc2ccccc2)C(C)C)=NCC1Cl. The topological polar surface area (TPSA) is 70.6 Å². The Morgan fingerprint density at radius 2 is 2.03 bits per heavy atom. The van der Waals surface area contributed by atoms with Crippen LogP contribution in [0.15, 0.2) is 53.3 Å². The Hall–Kier alpha value is -2.60. The van der Waals surface area contributed by atoms with Crippen LogP contribution in [0.25, 0.3) is 0 Å². The van der Waals surface area contributed by atoms with Crippen LogP contribution in [0.4, 0.5) is 4.79 Å². The van der Waals surface area contributed by atoms with Crippen molar-refractivity contribution in [3.63, 3.8) is 0 Å². The van der Waals surface area contributed by atoms with Gasteiger partial charge in [0.2, 0.25) is 0 Å². The molecule has 0 fully saturated rings. The maximum atomic E-state index is 13.5. The van der Waals surface area contributed by atoms with Crippen LogP contribution < -0.4 is 0 Å². The second-order valence-electron chi connectivity index (χ2n) is 9.53. The summed E-state index contributed by atoms with van der Waals surface area (Å²) in [5.74, 6) is 0.456. The Morgan fingerprint density at radius 3 is 2.73 bits per heavy atom. The molecule has 33 heavy (non-hydrogen) atoms. The number of rotatable bonds is 6. The molecule has 3 heterocycles. The van der Waals surface area contributed by atoms with Crippen molar-refractivity contribution in [3.05, 3.63) is 65.3 Å². The van der Waals surface area contributed by atoms with Gasteiger partial charge in [0.25, 0.3) is 0 Å². The normalized spacial score (nSPS) is 22.8. The molecule has 7 heteroatoms. The second kappa shape index (κ2) is 9.72. The van der Waals surface area contributed by atoms with Crippen molar-refractivity contribution in [1.82, 2.24) is 14.9 Å². The Bertz CT molecular complexity index is 1040. The quantitative estimate of drug-likeness (QED) is 0.596. The van der Waals surface area contributed by atoms with Gasteiger partial charge in [0.1, 0.15) is 6.61 Å². The number of hydrogen-bond acceptors (Lipinski definition) is 4. The fourth-order valence-corrected chi connectivity index (χ4v) is 5.41. The van der Waals surface area contributed by atoms with Crippen LogP contribution in [0.2, 0.25) is 0 Å². The number of aliphatic imine (C=N–C) groups is 1. The zero-order valence-electron chi connectivity index (χ0n) is 19.8. The number of fused-ring (bicyclic) bond motifs is 1. The smallest absolute Gasteiger partial charge is 0.410 e. The zero-order valence-corrected chi connectivity index (χ0v) is 20.6. The average Bonchev–Trinajstić information content (AvgIpc) is 3.28. The lowest BCUT2D eigenvalue weighted by atomic mass is 9.74. The lowest BCUT2D eigenvalue weighted by Crippen LogP contribution is -2.58. The number of aromatic nitrogens is 2. The van der Waals surface area contributed by atoms with Crippen molar-refractivity contribution in [2.75, 3.05) is 19.7 Å². The monoisotopic (exact) mass is 468 g/mol. The maximum absolute atomic E-state index is 13.5. The number of benzene rings is 1. The molecule has 2 aliphatic rings. The molecule has 1 N–H and O–H groups in total. The first-order chi connectivity index (χ1) is 15.8. The summed E-state index contributed by atoms with van der Waals surface area (Å²) in [5.41, 5.74) is 4.50. The third-order valence-corrected chi connectivity index (χ3v) is 7.24. The van der Waals surface area contributed by atoms with Gasteiger partial charge in [-0.1, -0.05) is 58.0 Å². The van der Waals surface area contributed by atoms with E-state index in [2.05, 4.69) is 49.8 Å². The van der Waals surface area contributed by atoms with Gasteiger partial charge in [-0.15, -0.1) is 11.6 Å². The number of alkyl halides is 1. The van der Waals surface area contributed by atoms with Crippen molar-refractivity contribution in [3.8, 4) is 0 Å². The highest BCUT2D eigenvalue weighted by Gasteiger charge is 2.50. The molecule has 0 radical (unpaired) electrons. The number of amides is 1. The van der Waals surface area contributed by atoms with Crippen LogP contribution in [-0.4, -0.2) is 51.7 Å². The molecule has 2 aromatic rings. The molecule has 2 aliphatic heterocycles. The molecule has 0 bridgehead atoms. The van der Waals surface area contributed by atoms with Gasteiger partial charge in [0.15, 0.2) is 0 Å². The lowest BCUT2D eigenvalue weighted by Gasteiger charge is -2.48. The molecule has 176 valence electrons. The van der Waals surface area contributed by atoms with E-state index in [1.807, 2.05) is 29.2 Å². The number of carbonyl (C=O) groups excluding carboxylic acids is 1. The third-order valence-electron chi connectivity index (χ3n) is 6.85. The molecule has 4 rings (SSSR count). The number of halogens is 1. The number of nitrogens with one attached hydrogen (secondary N) is 1. The Balaban J connectivity index is 1.60. The molecular weight excluding hydrogens is 436 g/mol. The van der Waals surface area contributed by atoms with Crippen molar-refractivity contribution >= 4 is 23.4 Å². The predicted molar refractivity (Wildman–Crippen MR) is 132 cm³/mol. The number of dihydropyridines is 1. The van der Waals surface area contributed by atoms with Crippen LogP contribution in [0.5, 0.6) is 0 Å². The van der Waals surface area contributed by atoms with Crippen molar-refractivity contribution in [2.45, 2.75) is 51.5 Å². The van der Waals surface area contributed by atoms with Crippen molar-refractivity contribution < 1.29 is 9.53 Å². The van der Waals surface area contributed by atoms with Gasteiger partial charge in [-0.3, -0.25) is 9.89 Å². The Kier molecular flexibility index (Phi) is 6.94. The summed E-state index contributed by atoms with van der Waals surface area (Å²) in [7, 11) is 0. The van der Waals surface area contributed by atoms with E-state index in [0.717, 1.165) is 34.7 Å². The third kappa shape index (κ3) is 4.58. The van der Waals surface area contributed by atoms with E-state index in [0.29, 0.717) is 25.4 Å². The fraction of sp³-hybridized carbons (Fsp3) is 0.500. The van der Waals surface area contributed by atoms with Crippen LogP contribution >= 0.6 is 11.6 Å². The highest BCUT2D eigenvalue weighted by atomic mass is 35.5. The van der Waals surface area contributed by atoms with Gasteiger partial charge in [-0.25, -0.2) is 9.78 Å². The summed E-state index contributed by atoms with van der Waals surface area (Å²) < 4.78 is 5.85. The molecule has 0 spiro atoms. The van der Waals surface area contributed by atoms with Gasteiger partial charge in [0, 0.05) is 25.1 Å². The highest BCUT2D eigenvalue weighted by molar-refractivity contribution is 6.23. The summed E-state index contributed by atoms with van der Waals surface area (Å²) >= 11 is 6.41. The fourth-order valence-electron chi connectivity index (χ4n) is 5.03. The molecule has 1 aromatic heterocycles. The number of aromatic amines is 1. The van der Waals surface area contributed by atoms with Gasteiger partial charge in [-0.2, -0.15) is 0 Å². The summed E-state index contributed by atoms with van der Waals surface area (Å²) in [6.45, 7) is 9.76. The molecule has 0 aliphatic carbocycles. The van der Waals surface area contributed by atoms with E-state index in [9.17, 15) is 4.79 Å².